The second kappa shape index (κ2) is 14.7. The largest absolute Gasteiger partial charge is 0.477 e. The first kappa shape index (κ1) is 24.8. The van der Waals surface area contributed by atoms with Crippen molar-refractivity contribution in [3.63, 3.8) is 0 Å². The molecule has 0 spiro atoms. The fraction of sp³-hybridized carbons (Fsp3) is 0.826. The lowest BCUT2D eigenvalue weighted by atomic mass is 10.0. The predicted octanol–water partition coefficient (Wildman–Crippen LogP) is 5.98. The second-order valence-corrected chi connectivity index (χ2v) is 8.30. The zero-order chi connectivity index (χ0) is 20.7. The monoisotopic (exact) mass is 395 g/mol. The number of carboxylic acids is 1. The van der Waals surface area contributed by atoms with Gasteiger partial charge >= 0.3 is 5.97 Å². The van der Waals surface area contributed by atoms with E-state index in [4.69, 9.17) is 0 Å². The van der Waals surface area contributed by atoms with E-state index in [9.17, 15) is 15.0 Å². The molecule has 0 aromatic carbocycles. The van der Waals surface area contributed by atoms with E-state index in [1.807, 2.05) is 0 Å². The molecule has 0 aliphatic carbocycles. The smallest absolute Gasteiger partial charge is 0.360 e. The van der Waals surface area contributed by atoms with Crippen LogP contribution in [0.3, 0.4) is 0 Å². The van der Waals surface area contributed by atoms with Crippen molar-refractivity contribution in [2.45, 2.75) is 116 Å². The molecule has 1 aliphatic rings. The minimum atomic E-state index is -0.916. The molecule has 2 atom stereocenters. The third-order valence-electron chi connectivity index (χ3n) is 5.85. The summed E-state index contributed by atoms with van der Waals surface area (Å²) in [7, 11) is 0. The van der Waals surface area contributed by atoms with Crippen molar-refractivity contribution in [1.29, 1.82) is 0 Å². The van der Waals surface area contributed by atoms with Crippen molar-refractivity contribution < 1.29 is 19.5 Å². The average molecular weight is 396 g/mol. The van der Waals surface area contributed by atoms with Crippen LogP contribution in [0.5, 0.6) is 0 Å². The topological polar surface area (TPSA) is 69.9 Å². The summed E-state index contributed by atoms with van der Waals surface area (Å²) in [6.45, 7) is 3.76. The van der Waals surface area contributed by atoms with E-state index in [2.05, 4.69) is 11.9 Å². The maximum atomic E-state index is 11.2. The minimum Gasteiger partial charge on any atom is -0.477 e. The molecule has 5 heteroatoms. The van der Waals surface area contributed by atoms with Crippen molar-refractivity contribution in [3.8, 4) is 0 Å². The van der Waals surface area contributed by atoms with Crippen LogP contribution in [0.1, 0.15) is 110 Å². The molecule has 1 aliphatic heterocycles. The van der Waals surface area contributed by atoms with Gasteiger partial charge in [-0.05, 0) is 6.42 Å². The van der Waals surface area contributed by atoms with Crippen molar-refractivity contribution >= 4 is 11.8 Å². The Morgan fingerprint density at radius 2 is 1.39 bits per heavy atom. The number of aliphatic carboxylic acids is 1. The summed E-state index contributed by atoms with van der Waals surface area (Å²) in [5.41, 5.74) is 0. The van der Waals surface area contributed by atoms with Crippen molar-refractivity contribution in [2.24, 2.45) is 4.99 Å². The number of aliphatic imine (C=N–C) groups is 1. The fourth-order valence-corrected chi connectivity index (χ4v) is 4.02. The first-order valence-electron chi connectivity index (χ1n) is 11.5. The maximum Gasteiger partial charge on any atom is 0.360 e. The maximum absolute atomic E-state index is 11.2. The second-order valence-electron chi connectivity index (χ2n) is 8.30. The number of aliphatic hydroxyl groups excluding tert-OH is 1. The highest BCUT2D eigenvalue weighted by molar-refractivity contribution is 5.81. The number of nitrogens with zero attached hydrogens (tertiary/aromatic N) is 2. The van der Waals surface area contributed by atoms with Crippen LogP contribution < -0.4 is 0 Å². The number of aliphatic hydroxyl groups is 1. The summed E-state index contributed by atoms with van der Waals surface area (Å²) >= 11 is 0. The molecule has 1 heterocycles. The van der Waals surface area contributed by atoms with Gasteiger partial charge in [0.15, 0.2) is 12.8 Å². The summed E-state index contributed by atoms with van der Waals surface area (Å²) in [5.74, 6) is -0.141. The van der Waals surface area contributed by atoms with E-state index in [1.165, 1.54) is 77.0 Å². The van der Waals surface area contributed by atoms with Gasteiger partial charge in [0.2, 0.25) is 5.84 Å². The first-order chi connectivity index (χ1) is 13.5. The van der Waals surface area contributed by atoms with E-state index in [-0.39, 0.29) is 11.0 Å². The molecule has 28 heavy (non-hydrogen) atoms. The van der Waals surface area contributed by atoms with Gasteiger partial charge in [-0.2, -0.15) is 0 Å². The summed E-state index contributed by atoms with van der Waals surface area (Å²) < 4.78 is -0.0478. The molecule has 0 fully saturated rings. The molecule has 0 radical (unpaired) electrons. The van der Waals surface area contributed by atoms with Crippen LogP contribution in [0, 0.1) is 0 Å². The number of hydrogen-bond donors (Lipinski definition) is 2. The predicted molar refractivity (Wildman–Crippen MR) is 116 cm³/mol. The Bertz CT molecular complexity index is 488. The molecule has 0 bridgehead atoms. The third-order valence-corrected chi connectivity index (χ3v) is 5.85. The Labute approximate surface area is 172 Å². The van der Waals surface area contributed by atoms with Gasteiger partial charge in [0.1, 0.15) is 6.20 Å². The number of rotatable bonds is 18. The van der Waals surface area contributed by atoms with Gasteiger partial charge in [-0.25, -0.2) is 14.3 Å². The van der Waals surface area contributed by atoms with Crippen molar-refractivity contribution in [1.82, 2.24) is 0 Å². The van der Waals surface area contributed by atoms with Crippen LogP contribution in [0.4, 0.5) is 0 Å². The van der Waals surface area contributed by atoms with E-state index in [1.54, 1.807) is 19.3 Å². The molecule has 162 valence electrons. The Morgan fingerprint density at radius 3 is 1.82 bits per heavy atom. The van der Waals surface area contributed by atoms with Crippen LogP contribution in [0.25, 0.3) is 0 Å². The normalized spacial score (nSPS) is 19.8. The third kappa shape index (κ3) is 9.33. The van der Waals surface area contributed by atoms with Crippen LogP contribution >= 0.6 is 0 Å². The molecule has 5 nitrogen and oxygen atoms in total. The summed E-state index contributed by atoms with van der Waals surface area (Å²) in [5, 5.41) is 19.3. The van der Waals surface area contributed by atoms with Crippen LogP contribution in [0.2, 0.25) is 0 Å². The van der Waals surface area contributed by atoms with Crippen LogP contribution in [0.15, 0.2) is 17.4 Å². The molecule has 2 unspecified atom stereocenters. The number of carbonyl (C=O) groups is 1. The Balaban J connectivity index is 2.03. The van der Waals surface area contributed by atoms with Crippen LogP contribution in [-0.4, -0.2) is 39.3 Å². The van der Waals surface area contributed by atoms with Gasteiger partial charge in [-0.1, -0.05) is 90.4 Å². The van der Waals surface area contributed by atoms with E-state index in [0.717, 1.165) is 25.1 Å². The fourth-order valence-electron chi connectivity index (χ4n) is 4.02. The molecule has 0 aromatic heterocycles. The molecular formula is C23H43N2O3+. The highest BCUT2D eigenvalue weighted by atomic mass is 16.4. The van der Waals surface area contributed by atoms with Gasteiger partial charge in [-0.15, -0.1) is 0 Å². The lowest BCUT2D eigenvalue weighted by molar-refractivity contribution is -0.832. The first-order valence-corrected chi connectivity index (χ1v) is 11.5. The molecule has 2 N–H and O–H groups in total. The van der Waals surface area contributed by atoms with E-state index >= 15 is 0 Å². The molecule has 0 amide bonds. The van der Waals surface area contributed by atoms with Crippen molar-refractivity contribution in [3.05, 3.63) is 12.4 Å². The van der Waals surface area contributed by atoms with Crippen molar-refractivity contribution in [2.75, 3.05) is 6.54 Å². The van der Waals surface area contributed by atoms with Gasteiger partial charge in [0.25, 0.3) is 0 Å². The average Bonchev–Trinajstić information content (AvgIpc) is 3.05. The lowest BCUT2D eigenvalue weighted by Crippen LogP contribution is -2.55. The molecule has 0 saturated carbocycles. The van der Waals surface area contributed by atoms with E-state index < -0.39 is 12.2 Å². The van der Waals surface area contributed by atoms with E-state index in [0.29, 0.717) is 0 Å². The van der Waals surface area contributed by atoms with Gasteiger partial charge in [0, 0.05) is 13.3 Å². The summed E-state index contributed by atoms with van der Waals surface area (Å²) in [4.78, 5) is 15.5. The summed E-state index contributed by atoms with van der Waals surface area (Å²) in [6.07, 6.45) is 21.8. The highest BCUT2D eigenvalue weighted by Crippen LogP contribution is 2.24. The highest BCUT2D eigenvalue weighted by Gasteiger charge is 2.41. The van der Waals surface area contributed by atoms with Crippen LogP contribution in [-0.2, 0) is 4.79 Å². The number of hydrogen-bond acceptors (Lipinski definition) is 3. The Kier molecular flexibility index (Phi) is 13.1. The number of amidine groups is 1. The van der Waals surface area contributed by atoms with Gasteiger partial charge in [-0.3, -0.25) is 0 Å². The minimum absolute atomic E-state index is 0.0478. The van der Waals surface area contributed by atoms with Gasteiger partial charge < -0.3 is 10.2 Å². The molecular weight excluding hydrogens is 352 g/mol. The standard InChI is InChI=1S/C23H42N2O3/c1-3-4-5-6-7-8-9-10-11-12-13-14-15-16-17-22-24-18-19-25(22,21(2)26)20-23(27)28/h18-19,21,26H,3-17,20H2,1-2H3/p+1. The quantitative estimate of drug-likeness (QED) is 0.221. The molecule has 0 aromatic rings. The number of quaternary nitrogens is 1. The molecule has 1 rings (SSSR count). The summed E-state index contributed by atoms with van der Waals surface area (Å²) in [6, 6.07) is 0. The number of unbranched alkanes of at least 4 members (excludes halogenated alkanes) is 13. The Hall–Kier alpha value is -1.20. The lowest BCUT2D eigenvalue weighted by Gasteiger charge is -2.33. The molecule has 0 saturated heterocycles. The SMILES string of the molecule is CCCCCCCCCCCCCCCCC1=NC=C[N+]1(CC(=O)O)C(C)O. The Morgan fingerprint density at radius 1 is 0.929 bits per heavy atom. The zero-order valence-corrected chi connectivity index (χ0v) is 18.2. The number of carboxylic acid groups (broad SMARTS) is 1. The zero-order valence-electron chi connectivity index (χ0n) is 18.2. The van der Waals surface area contributed by atoms with Gasteiger partial charge in [0.05, 0.1) is 6.20 Å².